The normalized spacial score (nSPS) is 23.5. The fourth-order valence-electron chi connectivity index (χ4n) is 3.64. The van der Waals surface area contributed by atoms with Gasteiger partial charge in [0.25, 0.3) is 17.5 Å². The number of hydrogen-bond acceptors (Lipinski definition) is 4. The third-order valence-electron chi connectivity index (χ3n) is 5.07. The number of alkyl halides is 3. The zero-order valence-corrected chi connectivity index (χ0v) is 15.1. The monoisotopic (exact) mass is 399 g/mol. The van der Waals surface area contributed by atoms with E-state index in [0.29, 0.717) is 30.6 Å². The molecule has 28 heavy (non-hydrogen) atoms. The molecule has 1 saturated heterocycles. The van der Waals surface area contributed by atoms with Crippen LogP contribution in [0.5, 0.6) is 5.75 Å². The van der Waals surface area contributed by atoms with Gasteiger partial charge in [0.05, 0.1) is 12.7 Å². The van der Waals surface area contributed by atoms with Crippen LogP contribution in [0.2, 0.25) is 0 Å². The van der Waals surface area contributed by atoms with Gasteiger partial charge in [-0.15, -0.1) is 0 Å². The maximum atomic E-state index is 13.9. The third kappa shape index (κ3) is 3.27. The van der Waals surface area contributed by atoms with Gasteiger partial charge in [0.2, 0.25) is 0 Å². The van der Waals surface area contributed by atoms with Crippen molar-refractivity contribution in [2.45, 2.75) is 50.0 Å². The Morgan fingerprint density at radius 1 is 1.21 bits per heavy atom. The topological polar surface area (TPSA) is 87.7 Å². The minimum absolute atomic E-state index is 0.0400. The lowest BCUT2D eigenvalue weighted by atomic mass is 9.94. The summed E-state index contributed by atoms with van der Waals surface area (Å²) in [5.41, 5.74) is -3.70. The van der Waals surface area contributed by atoms with Crippen LogP contribution < -0.4 is 15.4 Å². The maximum Gasteiger partial charge on any atom is 0.440 e. The minimum Gasteiger partial charge on any atom is -0.496 e. The number of carbonyl (C=O) groups is 3. The standard InChI is InChI=1S/C18H20F3N3O4/c1-28-13-10-6-5-9-12(13)14(25)22-17(18(19,20)21)15(26)24(16(27)23-17)11-7-3-2-4-8-11/h5-6,9-11H,2-4,7-8H2,1H3,(H,22,25)(H,23,27). The van der Waals surface area contributed by atoms with Crippen molar-refractivity contribution in [2.75, 3.05) is 7.11 Å². The van der Waals surface area contributed by atoms with Crippen molar-refractivity contribution >= 4 is 17.8 Å². The Balaban J connectivity index is 1.95. The molecule has 7 nitrogen and oxygen atoms in total. The van der Waals surface area contributed by atoms with Crippen LogP contribution >= 0.6 is 0 Å². The molecule has 2 fully saturated rings. The van der Waals surface area contributed by atoms with Gasteiger partial charge in [0.1, 0.15) is 5.75 Å². The zero-order valence-electron chi connectivity index (χ0n) is 15.1. The second-order valence-corrected chi connectivity index (χ2v) is 6.80. The highest BCUT2D eigenvalue weighted by atomic mass is 19.4. The van der Waals surface area contributed by atoms with Gasteiger partial charge in [-0.25, -0.2) is 4.79 Å². The lowest BCUT2D eigenvalue weighted by Gasteiger charge is -2.32. The molecule has 4 amide bonds. The number of benzene rings is 1. The summed E-state index contributed by atoms with van der Waals surface area (Å²) in [6.45, 7) is 0. The van der Waals surface area contributed by atoms with E-state index in [1.807, 2.05) is 0 Å². The summed E-state index contributed by atoms with van der Waals surface area (Å²) in [7, 11) is 1.26. The highest BCUT2D eigenvalue weighted by Gasteiger charge is 2.69. The molecule has 10 heteroatoms. The molecule has 2 aliphatic rings. The number of nitrogens with one attached hydrogen (secondary N) is 2. The van der Waals surface area contributed by atoms with E-state index >= 15 is 0 Å². The van der Waals surface area contributed by atoms with Gasteiger partial charge in [-0.1, -0.05) is 31.4 Å². The number of hydrogen-bond donors (Lipinski definition) is 2. The number of urea groups is 1. The molecule has 1 aromatic carbocycles. The van der Waals surface area contributed by atoms with Crippen molar-refractivity contribution in [1.29, 1.82) is 0 Å². The first kappa shape index (κ1) is 20.0. The molecule has 3 rings (SSSR count). The fourth-order valence-corrected chi connectivity index (χ4v) is 3.64. The second kappa shape index (κ2) is 7.33. The van der Waals surface area contributed by atoms with Crippen LogP contribution in [-0.2, 0) is 4.79 Å². The summed E-state index contributed by atoms with van der Waals surface area (Å²) in [4.78, 5) is 38.2. The number of rotatable bonds is 4. The maximum absolute atomic E-state index is 13.9. The van der Waals surface area contributed by atoms with E-state index in [0.717, 1.165) is 6.42 Å². The zero-order chi connectivity index (χ0) is 20.5. The first-order valence-electron chi connectivity index (χ1n) is 8.89. The molecular weight excluding hydrogens is 379 g/mol. The van der Waals surface area contributed by atoms with E-state index in [9.17, 15) is 27.6 Å². The average molecular weight is 399 g/mol. The van der Waals surface area contributed by atoms with Crippen LogP contribution in [0.1, 0.15) is 42.5 Å². The minimum atomic E-state index is -5.24. The smallest absolute Gasteiger partial charge is 0.440 e. The van der Waals surface area contributed by atoms with Crippen LogP contribution in [0.15, 0.2) is 24.3 Å². The Morgan fingerprint density at radius 3 is 2.46 bits per heavy atom. The van der Waals surface area contributed by atoms with Gasteiger partial charge in [-0.05, 0) is 25.0 Å². The molecule has 2 N–H and O–H groups in total. The van der Waals surface area contributed by atoms with Crippen LogP contribution in [0, 0.1) is 0 Å². The number of ether oxygens (including phenoxy) is 1. The molecule has 1 aliphatic carbocycles. The number of imide groups is 1. The van der Waals surface area contributed by atoms with Crippen molar-refractivity contribution in [3.8, 4) is 5.75 Å². The lowest BCUT2D eigenvalue weighted by Crippen LogP contribution is -2.69. The first-order valence-corrected chi connectivity index (χ1v) is 8.89. The van der Waals surface area contributed by atoms with Gasteiger partial charge in [-0.2, -0.15) is 13.2 Å². The van der Waals surface area contributed by atoms with E-state index in [1.54, 1.807) is 16.7 Å². The summed E-state index contributed by atoms with van der Waals surface area (Å²) in [5.74, 6) is -2.66. The van der Waals surface area contributed by atoms with Gasteiger partial charge >= 0.3 is 12.2 Å². The van der Waals surface area contributed by atoms with Crippen LogP contribution in [0.25, 0.3) is 0 Å². The Hall–Kier alpha value is -2.78. The van der Waals surface area contributed by atoms with Gasteiger partial charge in [-0.3, -0.25) is 19.8 Å². The Labute approximate surface area is 159 Å². The SMILES string of the molecule is COc1ccccc1C(=O)NC1(C(F)(F)F)NC(=O)N(C2CCCCC2)C1=O. The van der Waals surface area contributed by atoms with Crippen LogP contribution in [0.3, 0.4) is 0 Å². The summed E-state index contributed by atoms with van der Waals surface area (Å²) >= 11 is 0. The molecule has 0 radical (unpaired) electrons. The third-order valence-corrected chi connectivity index (χ3v) is 5.07. The molecule has 1 aromatic rings. The molecule has 0 bridgehead atoms. The van der Waals surface area contributed by atoms with Crippen molar-refractivity contribution in [3.05, 3.63) is 29.8 Å². The number of nitrogens with zero attached hydrogens (tertiary/aromatic N) is 1. The van der Waals surface area contributed by atoms with E-state index < -0.39 is 35.7 Å². The number of methoxy groups -OCH3 is 1. The van der Waals surface area contributed by atoms with Crippen LogP contribution in [0.4, 0.5) is 18.0 Å². The lowest BCUT2D eigenvalue weighted by molar-refractivity contribution is -0.200. The number of halogens is 3. The number of carbonyl (C=O) groups excluding carboxylic acids is 3. The molecule has 1 unspecified atom stereocenters. The Kier molecular flexibility index (Phi) is 5.22. The van der Waals surface area contributed by atoms with Crippen molar-refractivity contribution in [3.63, 3.8) is 0 Å². The molecular formula is C18H20F3N3O4. The molecule has 0 aromatic heterocycles. The van der Waals surface area contributed by atoms with E-state index in [4.69, 9.17) is 4.74 Å². The highest BCUT2D eigenvalue weighted by molar-refractivity contribution is 6.10. The van der Waals surface area contributed by atoms with Gasteiger partial charge in [0, 0.05) is 6.04 Å². The average Bonchev–Trinajstić information content (AvgIpc) is 2.93. The van der Waals surface area contributed by atoms with E-state index in [-0.39, 0.29) is 11.3 Å². The van der Waals surface area contributed by atoms with Gasteiger partial charge < -0.3 is 10.1 Å². The van der Waals surface area contributed by atoms with Gasteiger partial charge in [0.15, 0.2) is 0 Å². The van der Waals surface area contributed by atoms with Crippen molar-refractivity contribution in [2.24, 2.45) is 0 Å². The van der Waals surface area contributed by atoms with Crippen LogP contribution in [-0.4, -0.2) is 47.7 Å². The van der Waals surface area contributed by atoms with Crippen molar-refractivity contribution < 1.29 is 32.3 Å². The largest absolute Gasteiger partial charge is 0.496 e. The molecule has 1 atom stereocenters. The number of amides is 4. The Morgan fingerprint density at radius 2 is 1.86 bits per heavy atom. The summed E-state index contributed by atoms with van der Waals surface area (Å²) < 4.78 is 46.8. The summed E-state index contributed by atoms with van der Waals surface area (Å²) in [5, 5.41) is 3.39. The molecule has 1 heterocycles. The van der Waals surface area contributed by atoms with Crippen molar-refractivity contribution in [1.82, 2.24) is 15.5 Å². The predicted octanol–water partition coefficient (Wildman–Crippen LogP) is 2.57. The second-order valence-electron chi connectivity index (χ2n) is 6.80. The Bertz CT molecular complexity index is 793. The number of para-hydroxylation sites is 1. The summed E-state index contributed by atoms with van der Waals surface area (Å²) in [6.07, 6.45) is -2.03. The molecule has 152 valence electrons. The van der Waals surface area contributed by atoms with E-state index in [1.165, 1.54) is 25.3 Å². The molecule has 1 saturated carbocycles. The molecule has 1 aliphatic heterocycles. The predicted molar refractivity (Wildman–Crippen MR) is 91.5 cm³/mol. The fraction of sp³-hybridized carbons (Fsp3) is 0.500. The van der Waals surface area contributed by atoms with E-state index in [2.05, 4.69) is 0 Å². The molecule has 0 spiro atoms. The summed E-state index contributed by atoms with van der Waals surface area (Å²) in [6, 6.07) is 3.88. The first-order chi connectivity index (χ1) is 13.2. The highest BCUT2D eigenvalue weighted by Crippen LogP contribution is 2.37. The quantitative estimate of drug-likeness (QED) is 0.762.